The number of ether oxygens (including phenoxy) is 1. The number of nitrogens with zero attached hydrogens (tertiary/aromatic N) is 4. The van der Waals surface area contributed by atoms with E-state index >= 15 is 0 Å². The number of aromatic nitrogens is 4. The third-order valence-electron chi connectivity index (χ3n) is 5.67. The van der Waals surface area contributed by atoms with Gasteiger partial charge in [-0.05, 0) is 55.9 Å². The average molecular weight is 440 g/mol. The number of carbonyl (C=O) groups is 1. The number of amides is 1. The molecule has 1 fully saturated rings. The topological polar surface area (TPSA) is 81.9 Å². The van der Waals surface area contributed by atoms with Crippen LogP contribution >= 0.6 is 11.8 Å². The molecular weight excluding hydrogens is 410 g/mol. The van der Waals surface area contributed by atoms with Gasteiger partial charge < -0.3 is 10.1 Å². The first-order chi connectivity index (χ1) is 14.9. The Morgan fingerprint density at radius 2 is 2.13 bits per heavy atom. The minimum atomic E-state index is -0.0272. The monoisotopic (exact) mass is 439 g/mol. The summed E-state index contributed by atoms with van der Waals surface area (Å²) in [6, 6.07) is 6.29. The van der Waals surface area contributed by atoms with Crippen molar-refractivity contribution in [2.24, 2.45) is 0 Å². The number of rotatable bonds is 7. The van der Waals surface area contributed by atoms with Crippen molar-refractivity contribution in [3.05, 3.63) is 41.2 Å². The number of thioether (sulfide) groups is 1. The van der Waals surface area contributed by atoms with E-state index < -0.39 is 0 Å². The summed E-state index contributed by atoms with van der Waals surface area (Å²) in [6.45, 7) is 9.74. The van der Waals surface area contributed by atoms with Crippen LogP contribution in [0.1, 0.15) is 49.4 Å². The summed E-state index contributed by atoms with van der Waals surface area (Å²) in [5.74, 6) is 0.470. The van der Waals surface area contributed by atoms with Gasteiger partial charge in [-0.25, -0.2) is 4.68 Å². The Morgan fingerprint density at radius 3 is 2.84 bits per heavy atom. The van der Waals surface area contributed by atoms with Crippen LogP contribution in [0.5, 0.6) is 0 Å². The van der Waals surface area contributed by atoms with Crippen LogP contribution in [-0.4, -0.2) is 50.9 Å². The van der Waals surface area contributed by atoms with Crippen LogP contribution in [0.4, 0.5) is 0 Å². The van der Waals surface area contributed by atoms with E-state index in [-0.39, 0.29) is 23.7 Å². The molecule has 1 aliphatic rings. The highest BCUT2D eigenvalue weighted by molar-refractivity contribution is 8.00. The molecular formula is C23H29N5O2S. The number of carbonyl (C=O) groups excluding carboxylic acids is 1. The number of aryl methyl sites for hydroxylation is 2. The Kier molecular flexibility index (Phi) is 6.57. The zero-order chi connectivity index (χ0) is 22.0. The van der Waals surface area contributed by atoms with Gasteiger partial charge in [0.15, 0.2) is 0 Å². The van der Waals surface area contributed by atoms with Gasteiger partial charge in [-0.15, -0.1) is 5.10 Å². The lowest BCUT2D eigenvalue weighted by atomic mass is 10.1. The highest BCUT2D eigenvalue weighted by atomic mass is 32.2. The van der Waals surface area contributed by atoms with Gasteiger partial charge in [0, 0.05) is 18.5 Å². The minimum Gasteiger partial charge on any atom is -0.376 e. The van der Waals surface area contributed by atoms with Crippen molar-refractivity contribution < 1.29 is 9.53 Å². The smallest absolute Gasteiger partial charge is 0.230 e. The first kappa shape index (κ1) is 21.8. The van der Waals surface area contributed by atoms with Gasteiger partial charge in [-0.1, -0.05) is 31.7 Å². The Balaban J connectivity index is 1.61. The standard InChI is InChI=1S/C23H29N5O2S/c1-14(2)21-19-12-25-28(17-8-7-15(3)16(4)10-17)22(19)23(27-26-21)31-13-20(29)24-11-18-6-5-9-30-18/h7-8,10,12,14,18H,5-6,9,11,13H2,1-4H3,(H,24,29). The molecule has 0 bridgehead atoms. The van der Waals surface area contributed by atoms with Crippen LogP contribution in [-0.2, 0) is 9.53 Å². The fraction of sp³-hybridized carbons (Fsp3) is 0.478. The molecule has 1 amide bonds. The van der Waals surface area contributed by atoms with Gasteiger partial charge in [0.25, 0.3) is 0 Å². The van der Waals surface area contributed by atoms with Crippen molar-refractivity contribution in [1.29, 1.82) is 0 Å². The van der Waals surface area contributed by atoms with Gasteiger partial charge in [0.05, 0.1) is 29.4 Å². The molecule has 0 aliphatic carbocycles. The Bertz CT molecular complexity index is 1090. The molecule has 31 heavy (non-hydrogen) atoms. The molecule has 1 aliphatic heterocycles. The Hall–Kier alpha value is -2.45. The maximum atomic E-state index is 12.4. The van der Waals surface area contributed by atoms with E-state index in [0.29, 0.717) is 11.6 Å². The molecule has 8 heteroatoms. The molecule has 3 aromatic rings. The summed E-state index contributed by atoms with van der Waals surface area (Å²) in [4.78, 5) is 12.4. The summed E-state index contributed by atoms with van der Waals surface area (Å²) in [5.41, 5.74) is 5.23. The first-order valence-corrected chi connectivity index (χ1v) is 11.8. The fourth-order valence-electron chi connectivity index (χ4n) is 3.74. The lowest BCUT2D eigenvalue weighted by Crippen LogP contribution is -2.32. The Labute approximate surface area is 187 Å². The maximum Gasteiger partial charge on any atom is 0.230 e. The second-order valence-electron chi connectivity index (χ2n) is 8.36. The van der Waals surface area contributed by atoms with Crippen molar-refractivity contribution in [2.75, 3.05) is 18.9 Å². The third-order valence-corrected chi connectivity index (χ3v) is 6.62. The fourth-order valence-corrected chi connectivity index (χ4v) is 4.54. The molecule has 164 valence electrons. The number of fused-ring (bicyclic) bond motifs is 1. The number of benzene rings is 1. The van der Waals surface area contributed by atoms with Gasteiger partial charge >= 0.3 is 0 Å². The second kappa shape index (κ2) is 9.36. The molecule has 1 saturated heterocycles. The Morgan fingerprint density at radius 1 is 1.29 bits per heavy atom. The quantitative estimate of drug-likeness (QED) is 0.562. The van der Waals surface area contributed by atoms with Crippen molar-refractivity contribution in [3.8, 4) is 5.69 Å². The van der Waals surface area contributed by atoms with E-state index in [9.17, 15) is 4.79 Å². The molecule has 7 nitrogen and oxygen atoms in total. The van der Waals surface area contributed by atoms with Gasteiger partial charge in [0.2, 0.25) is 5.91 Å². The lowest BCUT2D eigenvalue weighted by Gasteiger charge is -2.12. The van der Waals surface area contributed by atoms with Crippen LogP contribution in [0.2, 0.25) is 0 Å². The summed E-state index contributed by atoms with van der Waals surface area (Å²) >= 11 is 1.39. The van der Waals surface area contributed by atoms with Crippen molar-refractivity contribution >= 4 is 28.6 Å². The first-order valence-electron chi connectivity index (χ1n) is 10.8. The largest absolute Gasteiger partial charge is 0.376 e. The minimum absolute atomic E-state index is 0.0272. The zero-order valence-electron chi connectivity index (χ0n) is 18.5. The highest BCUT2D eigenvalue weighted by Gasteiger charge is 2.20. The SMILES string of the molecule is Cc1ccc(-n2ncc3c(C(C)C)nnc(SCC(=O)NCC4CCCO4)c32)cc1C. The molecule has 4 rings (SSSR count). The predicted octanol–water partition coefficient (Wildman–Crippen LogP) is 3.94. The van der Waals surface area contributed by atoms with E-state index in [0.717, 1.165) is 41.7 Å². The van der Waals surface area contributed by atoms with Crippen molar-refractivity contribution in [2.45, 2.75) is 57.6 Å². The van der Waals surface area contributed by atoms with E-state index in [4.69, 9.17) is 4.74 Å². The van der Waals surface area contributed by atoms with E-state index in [1.165, 1.54) is 22.9 Å². The van der Waals surface area contributed by atoms with E-state index in [1.54, 1.807) is 0 Å². The lowest BCUT2D eigenvalue weighted by molar-refractivity contribution is -0.119. The summed E-state index contributed by atoms with van der Waals surface area (Å²) in [6.07, 6.45) is 4.06. The molecule has 2 aromatic heterocycles. The number of nitrogens with one attached hydrogen (secondary N) is 1. The molecule has 1 atom stereocenters. The predicted molar refractivity (Wildman–Crippen MR) is 123 cm³/mol. The maximum absolute atomic E-state index is 12.4. The molecule has 0 spiro atoms. The number of hydrogen-bond donors (Lipinski definition) is 1. The average Bonchev–Trinajstić information content (AvgIpc) is 3.42. The number of hydrogen-bond acceptors (Lipinski definition) is 6. The molecule has 0 saturated carbocycles. The third kappa shape index (κ3) is 4.75. The van der Waals surface area contributed by atoms with E-state index in [1.807, 2.05) is 10.9 Å². The van der Waals surface area contributed by atoms with Crippen molar-refractivity contribution in [3.63, 3.8) is 0 Å². The summed E-state index contributed by atoms with van der Waals surface area (Å²) in [5, 5.41) is 18.3. The van der Waals surface area contributed by atoms with Crippen LogP contribution in [0.25, 0.3) is 16.6 Å². The second-order valence-corrected chi connectivity index (χ2v) is 9.32. The molecule has 1 aromatic carbocycles. The highest BCUT2D eigenvalue weighted by Crippen LogP contribution is 2.31. The van der Waals surface area contributed by atoms with Crippen LogP contribution in [0.3, 0.4) is 0 Å². The molecule has 1 N–H and O–H groups in total. The summed E-state index contributed by atoms with van der Waals surface area (Å²) in [7, 11) is 0. The van der Waals surface area contributed by atoms with Crippen LogP contribution < -0.4 is 5.32 Å². The zero-order valence-corrected chi connectivity index (χ0v) is 19.3. The van der Waals surface area contributed by atoms with Crippen LogP contribution in [0, 0.1) is 13.8 Å². The normalized spacial score (nSPS) is 16.4. The van der Waals surface area contributed by atoms with Gasteiger partial charge in [-0.2, -0.15) is 10.2 Å². The molecule has 1 unspecified atom stereocenters. The van der Waals surface area contributed by atoms with Gasteiger partial charge in [0.1, 0.15) is 10.5 Å². The van der Waals surface area contributed by atoms with Gasteiger partial charge in [-0.3, -0.25) is 4.79 Å². The van der Waals surface area contributed by atoms with E-state index in [2.05, 4.69) is 66.5 Å². The summed E-state index contributed by atoms with van der Waals surface area (Å²) < 4.78 is 7.49. The molecule has 0 radical (unpaired) electrons. The van der Waals surface area contributed by atoms with Crippen LogP contribution in [0.15, 0.2) is 29.4 Å². The van der Waals surface area contributed by atoms with Crippen molar-refractivity contribution in [1.82, 2.24) is 25.3 Å². The molecule has 3 heterocycles.